The Hall–Kier alpha value is -1.44. The summed E-state index contributed by atoms with van der Waals surface area (Å²) < 4.78 is 22.4. The van der Waals surface area contributed by atoms with Crippen molar-refractivity contribution in [1.29, 1.82) is 0 Å². The van der Waals surface area contributed by atoms with Crippen molar-refractivity contribution >= 4 is 15.9 Å². The molecule has 1 aromatic carbocycles. The fraction of sp³-hybridized carbons (Fsp3) is 0.500. The number of amides is 1. The molecule has 4 N–H and O–H groups in total. The minimum atomic E-state index is -3.69. The SMILES string of the molecule is CC(NC(=O)C1NCCC1C)c1ccc(S(N)(=O)=O)cc1. The van der Waals surface area contributed by atoms with Gasteiger partial charge in [0.05, 0.1) is 17.0 Å². The molecule has 1 aromatic rings. The van der Waals surface area contributed by atoms with Crippen LogP contribution in [0.25, 0.3) is 0 Å². The summed E-state index contributed by atoms with van der Waals surface area (Å²) in [5.74, 6) is 0.296. The highest BCUT2D eigenvalue weighted by molar-refractivity contribution is 7.89. The van der Waals surface area contributed by atoms with Crippen molar-refractivity contribution in [2.45, 2.75) is 37.2 Å². The summed E-state index contributed by atoms with van der Waals surface area (Å²) in [6, 6.07) is 5.87. The van der Waals surface area contributed by atoms with E-state index in [9.17, 15) is 13.2 Å². The van der Waals surface area contributed by atoms with Gasteiger partial charge >= 0.3 is 0 Å². The number of hydrogen-bond donors (Lipinski definition) is 3. The molecule has 0 spiro atoms. The average molecular weight is 311 g/mol. The summed E-state index contributed by atoms with van der Waals surface area (Å²) in [4.78, 5) is 12.2. The molecule has 0 aromatic heterocycles. The fourth-order valence-corrected chi connectivity index (χ4v) is 3.03. The van der Waals surface area contributed by atoms with E-state index in [0.717, 1.165) is 18.5 Å². The Morgan fingerprint density at radius 3 is 2.48 bits per heavy atom. The summed E-state index contributed by atoms with van der Waals surface area (Å²) in [6.45, 7) is 4.77. The summed E-state index contributed by atoms with van der Waals surface area (Å²) in [7, 11) is -3.69. The lowest BCUT2D eigenvalue weighted by atomic mass is 10.0. The van der Waals surface area contributed by atoms with E-state index < -0.39 is 10.0 Å². The first-order chi connectivity index (χ1) is 9.79. The molecule has 0 saturated carbocycles. The van der Waals surface area contributed by atoms with Gasteiger partial charge in [0.25, 0.3) is 0 Å². The minimum absolute atomic E-state index is 0.0250. The predicted molar refractivity (Wildman–Crippen MR) is 79.9 cm³/mol. The third-order valence-corrected chi connectivity index (χ3v) is 4.81. The van der Waals surface area contributed by atoms with E-state index in [2.05, 4.69) is 17.6 Å². The number of sulfonamides is 1. The maximum atomic E-state index is 12.2. The largest absolute Gasteiger partial charge is 0.348 e. The second-order valence-electron chi connectivity index (χ2n) is 5.54. The van der Waals surface area contributed by atoms with Crippen LogP contribution in [0.3, 0.4) is 0 Å². The van der Waals surface area contributed by atoms with Crippen molar-refractivity contribution in [3.05, 3.63) is 29.8 Å². The van der Waals surface area contributed by atoms with Gasteiger partial charge in [0.1, 0.15) is 0 Å². The van der Waals surface area contributed by atoms with E-state index in [-0.39, 0.29) is 22.9 Å². The molecule has 1 saturated heterocycles. The Morgan fingerprint density at radius 1 is 1.38 bits per heavy atom. The quantitative estimate of drug-likeness (QED) is 0.754. The minimum Gasteiger partial charge on any atom is -0.348 e. The molecule has 116 valence electrons. The van der Waals surface area contributed by atoms with E-state index in [0.29, 0.717) is 5.92 Å². The van der Waals surface area contributed by atoms with Crippen LogP contribution in [0.15, 0.2) is 29.2 Å². The predicted octanol–water partition coefficient (Wildman–Crippen LogP) is 0.509. The standard InChI is InChI=1S/C14H21N3O3S/c1-9-7-8-16-13(9)14(18)17-10(2)11-3-5-12(6-4-11)21(15,19)20/h3-6,9-10,13,16H,7-8H2,1-2H3,(H,17,18)(H2,15,19,20). The highest BCUT2D eigenvalue weighted by atomic mass is 32.2. The van der Waals surface area contributed by atoms with Gasteiger partial charge in [-0.2, -0.15) is 0 Å². The highest BCUT2D eigenvalue weighted by Gasteiger charge is 2.29. The maximum absolute atomic E-state index is 12.2. The Bertz CT molecular complexity index is 613. The molecule has 3 unspecified atom stereocenters. The van der Waals surface area contributed by atoms with E-state index >= 15 is 0 Å². The van der Waals surface area contributed by atoms with Gasteiger partial charge in [-0.05, 0) is 43.5 Å². The molecular formula is C14H21N3O3S. The van der Waals surface area contributed by atoms with Crippen LogP contribution in [0.2, 0.25) is 0 Å². The third-order valence-electron chi connectivity index (χ3n) is 3.88. The molecule has 0 aliphatic carbocycles. The highest BCUT2D eigenvalue weighted by Crippen LogP contribution is 2.18. The van der Waals surface area contributed by atoms with Crippen LogP contribution in [0, 0.1) is 5.92 Å². The first-order valence-electron chi connectivity index (χ1n) is 6.95. The van der Waals surface area contributed by atoms with Crippen molar-refractivity contribution in [2.75, 3.05) is 6.54 Å². The first-order valence-corrected chi connectivity index (χ1v) is 8.50. The monoisotopic (exact) mass is 311 g/mol. The van der Waals surface area contributed by atoms with Gasteiger partial charge in [0, 0.05) is 0 Å². The van der Waals surface area contributed by atoms with Crippen molar-refractivity contribution in [1.82, 2.24) is 10.6 Å². The molecule has 1 aliphatic rings. The molecule has 1 amide bonds. The summed E-state index contributed by atoms with van der Waals surface area (Å²) in [6.07, 6.45) is 0.996. The number of primary sulfonamides is 1. The molecular weight excluding hydrogens is 290 g/mol. The molecule has 1 heterocycles. The number of hydrogen-bond acceptors (Lipinski definition) is 4. The molecule has 0 radical (unpaired) electrons. The number of rotatable bonds is 4. The van der Waals surface area contributed by atoms with Gasteiger partial charge in [-0.3, -0.25) is 4.79 Å². The van der Waals surface area contributed by atoms with E-state index in [1.165, 1.54) is 12.1 Å². The number of carbonyl (C=O) groups excluding carboxylic acids is 1. The normalized spacial score (nSPS) is 23.8. The van der Waals surface area contributed by atoms with Crippen LogP contribution >= 0.6 is 0 Å². The van der Waals surface area contributed by atoms with Gasteiger partial charge in [-0.25, -0.2) is 13.6 Å². The molecule has 0 bridgehead atoms. The Kier molecular flexibility index (Phi) is 4.65. The lowest BCUT2D eigenvalue weighted by Crippen LogP contribution is -2.44. The summed E-state index contributed by atoms with van der Waals surface area (Å²) in [5, 5.41) is 11.2. The number of nitrogens with one attached hydrogen (secondary N) is 2. The zero-order chi connectivity index (χ0) is 15.6. The van der Waals surface area contributed by atoms with Gasteiger partial charge < -0.3 is 10.6 Å². The van der Waals surface area contributed by atoms with Gasteiger partial charge in [0.15, 0.2) is 0 Å². The van der Waals surface area contributed by atoms with E-state index in [1.54, 1.807) is 12.1 Å². The zero-order valence-electron chi connectivity index (χ0n) is 12.2. The lowest BCUT2D eigenvalue weighted by Gasteiger charge is -2.20. The van der Waals surface area contributed by atoms with Gasteiger partial charge in [-0.15, -0.1) is 0 Å². The Morgan fingerprint density at radius 2 is 2.00 bits per heavy atom. The molecule has 21 heavy (non-hydrogen) atoms. The molecule has 6 nitrogen and oxygen atoms in total. The van der Waals surface area contributed by atoms with Crippen molar-refractivity contribution in [3.8, 4) is 0 Å². The smallest absolute Gasteiger partial charge is 0.238 e. The molecule has 3 atom stereocenters. The van der Waals surface area contributed by atoms with Crippen LogP contribution in [-0.4, -0.2) is 26.9 Å². The number of carbonyl (C=O) groups is 1. The average Bonchev–Trinajstić information content (AvgIpc) is 2.84. The van der Waals surface area contributed by atoms with Crippen molar-refractivity contribution in [3.63, 3.8) is 0 Å². The Labute approximate surface area is 125 Å². The zero-order valence-corrected chi connectivity index (χ0v) is 13.0. The van der Waals surface area contributed by atoms with E-state index in [4.69, 9.17) is 5.14 Å². The first kappa shape index (κ1) is 15.9. The second kappa shape index (κ2) is 6.13. The van der Waals surface area contributed by atoms with Crippen LogP contribution in [0.4, 0.5) is 0 Å². The molecule has 2 rings (SSSR count). The summed E-state index contributed by atoms with van der Waals surface area (Å²) >= 11 is 0. The van der Waals surface area contributed by atoms with Gasteiger partial charge in [-0.1, -0.05) is 19.1 Å². The van der Waals surface area contributed by atoms with Gasteiger partial charge in [0.2, 0.25) is 15.9 Å². The van der Waals surface area contributed by atoms with Crippen LogP contribution < -0.4 is 15.8 Å². The topological polar surface area (TPSA) is 101 Å². The van der Waals surface area contributed by atoms with E-state index in [1.807, 2.05) is 6.92 Å². The molecule has 7 heteroatoms. The van der Waals surface area contributed by atoms with Crippen LogP contribution in [0.1, 0.15) is 31.9 Å². The third kappa shape index (κ3) is 3.81. The van der Waals surface area contributed by atoms with Crippen LogP contribution in [0.5, 0.6) is 0 Å². The Balaban J connectivity index is 2.03. The number of nitrogens with two attached hydrogens (primary N) is 1. The fourth-order valence-electron chi connectivity index (χ4n) is 2.52. The van der Waals surface area contributed by atoms with Crippen molar-refractivity contribution < 1.29 is 13.2 Å². The van der Waals surface area contributed by atoms with Crippen molar-refractivity contribution in [2.24, 2.45) is 11.1 Å². The molecule has 1 fully saturated rings. The second-order valence-corrected chi connectivity index (χ2v) is 7.10. The lowest BCUT2D eigenvalue weighted by molar-refractivity contribution is -0.124. The number of benzene rings is 1. The molecule has 1 aliphatic heterocycles. The maximum Gasteiger partial charge on any atom is 0.238 e. The van der Waals surface area contributed by atoms with Crippen LogP contribution in [-0.2, 0) is 14.8 Å². The summed E-state index contributed by atoms with van der Waals surface area (Å²) in [5.41, 5.74) is 0.835.